The number of nitrogens with one attached hydrogen (secondary N) is 1. The topological polar surface area (TPSA) is 77.1 Å². The largest absolute Gasteiger partial charge is 0.494 e. The van der Waals surface area contributed by atoms with Crippen molar-refractivity contribution in [2.75, 3.05) is 36.6 Å². The highest BCUT2D eigenvalue weighted by Crippen LogP contribution is 2.34. The Morgan fingerprint density at radius 1 is 0.943 bits per heavy atom. The summed E-state index contributed by atoms with van der Waals surface area (Å²) in [4.78, 5) is 26.7. The van der Waals surface area contributed by atoms with Gasteiger partial charge >= 0.3 is 0 Å². The van der Waals surface area contributed by atoms with Gasteiger partial charge in [0.25, 0.3) is 5.91 Å². The number of carbonyl (C=O) groups excluding carboxylic acids is 2. The molecule has 7 heteroatoms. The molecule has 0 aromatic heterocycles. The Bertz CT molecular complexity index is 1150. The van der Waals surface area contributed by atoms with Crippen LogP contribution in [0.2, 0.25) is 0 Å². The number of benzene rings is 3. The van der Waals surface area contributed by atoms with E-state index in [9.17, 15) is 9.59 Å². The molecule has 0 atom stereocenters. The van der Waals surface area contributed by atoms with Crippen molar-refractivity contribution in [3.8, 4) is 17.2 Å². The van der Waals surface area contributed by atoms with Crippen LogP contribution in [-0.2, 0) is 9.59 Å². The van der Waals surface area contributed by atoms with Gasteiger partial charge in [0, 0.05) is 18.7 Å². The van der Waals surface area contributed by atoms with Crippen LogP contribution >= 0.6 is 0 Å². The lowest BCUT2D eigenvalue weighted by molar-refractivity contribution is -0.121. The molecule has 3 aromatic carbocycles. The molecule has 4 rings (SSSR count). The van der Waals surface area contributed by atoms with E-state index >= 15 is 0 Å². The van der Waals surface area contributed by atoms with Gasteiger partial charge in [-0.1, -0.05) is 30.3 Å². The number of anilines is 2. The first-order valence-corrected chi connectivity index (χ1v) is 11.8. The molecule has 0 radical (unpaired) electrons. The number of carbonyl (C=O) groups is 2. The smallest absolute Gasteiger partial charge is 0.265 e. The van der Waals surface area contributed by atoms with E-state index in [1.165, 1.54) is 0 Å². The molecular weight excluding hydrogens is 444 g/mol. The molecule has 0 bridgehead atoms. The minimum atomic E-state index is -0.116. The van der Waals surface area contributed by atoms with Crippen LogP contribution in [0.25, 0.3) is 0 Å². The number of rotatable bonds is 11. The molecule has 1 N–H and O–H groups in total. The third-order valence-corrected chi connectivity index (χ3v) is 5.53. The van der Waals surface area contributed by atoms with Crippen LogP contribution in [0, 0.1) is 6.92 Å². The third-order valence-electron chi connectivity index (χ3n) is 5.53. The fourth-order valence-electron chi connectivity index (χ4n) is 3.81. The Morgan fingerprint density at radius 3 is 2.54 bits per heavy atom. The lowest BCUT2D eigenvalue weighted by Gasteiger charge is -2.30. The summed E-state index contributed by atoms with van der Waals surface area (Å²) in [5.74, 6) is 2.00. The summed E-state index contributed by atoms with van der Waals surface area (Å²) in [6, 6.07) is 22.8. The highest BCUT2D eigenvalue weighted by atomic mass is 16.5. The van der Waals surface area contributed by atoms with Crippen LogP contribution in [0.3, 0.4) is 0 Å². The third kappa shape index (κ3) is 6.99. The first kappa shape index (κ1) is 24.1. The number of aryl methyl sites for hydroxylation is 1. The van der Waals surface area contributed by atoms with E-state index in [4.69, 9.17) is 14.2 Å². The molecule has 1 aliphatic rings. The summed E-state index contributed by atoms with van der Waals surface area (Å²) in [5.41, 5.74) is 2.41. The Morgan fingerprint density at radius 2 is 1.71 bits per heavy atom. The van der Waals surface area contributed by atoms with Crippen LogP contribution in [0.1, 0.15) is 24.8 Å². The van der Waals surface area contributed by atoms with Gasteiger partial charge in [-0.2, -0.15) is 0 Å². The zero-order valence-corrected chi connectivity index (χ0v) is 19.9. The first-order valence-electron chi connectivity index (χ1n) is 11.8. The molecule has 0 fully saturated rings. The van der Waals surface area contributed by atoms with Gasteiger partial charge in [0.1, 0.15) is 17.2 Å². The van der Waals surface area contributed by atoms with Crippen molar-refractivity contribution in [2.45, 2.75) is 26.2 Å². The van der Waals surface area contributed by atoms with Crippen LogP contribution in [0.15, 0.2) is 72.8 Å². The average Bonchev–Trinajstić information content (AvgIpc) is 2.86. The Balaban J connectivity index is 1.28. The summed E-state index contributed by atoms with van der Waals surface area (Å²) in [6.45, 7) is 3.46. The lowest BCUT2D eigenvalue weighted by atomic mass is 10.2. The maximum atomic E-state index is 12.5. The zero-order valence-electron chi connectivity index (χ0n) is 19.9. The number of para-hydroxylation sites is 1. The minimum Gasteiger partial charge on any atom is -0.494 e. The second-order valence-electron chi connectivity index (χ2n) is 8.35. The number of fused-ring (bicyclic) bond motifs is 1. The maximum absolute atomic E-state index is 12.5. The highest BCUT2D eigenvalue weighted by Gasteiger charge is 2.25. The fraction of sp³-hybridized carbons (Fsp3) is 0.286. The number of hydrogen-bond acceptors (Lipinski definition) is 5. The van der Waals surface area contributed by atoms with Crippen molar-refractivity contribution >= 4 is 23.2 Å². The van der Waals surface area contributed by atoms with Crippen LogP contribution in [0.5, 0.6) is 17.2 Å². The quantitative estimate of drug-likeness (QED) is 0.396. The Kier molecular flexibility index (Phi) is 8.22. The predicted octanol–water partition coefficient (Wildman–Crippen LogP) is 4.99. The van der Waals surface area contributed by atoms with Gasteiger partial charge in [-0.15, -0.1) is 0 Å². The molecule has 1 aliphatic heterocycles. The highest BCUT2D eigenvalue weighted by molar-refractivity contribution is 5.99. The summed E-state index contributed by atoms with van der Waals surface area (Å²) in [6.07, 6.45) is 1.59. The zero-order chi connectivity index (χ0) is 24.5. The van der Waals surface area contributed by atoms with E-state index in [1.54, 1.807) is 23.1 Å². The SMILES string of the molecule is Cc1cccc(OCCCN2C(=O)COc3ccc(NC(=O)CCCOc4ccccc4)cc32)c1. The van der Waals surface area contributed by atoms with Crippen molar-refractivity contribution < 1.29 is 23.8 Å². The number of ether oxygens (including phenoxy) is 3. The first-order chi connectivity index (χ1) is 17.1. The predicted molar refractivity (Wildman–Crippen MR) is 135 cm³/mol. The van der Waals surface area contributed by atoms with Crippen molar-refractivity contribution in [3.05, 3.63) is 78.4 Å². The van der Waals surface area contributed by atoms with Gasteiger partial charge < -0.3 is 24.4 Å². The monoisotopic (exact) mass is 474 g/mol. The van der Waals surface area contributed by atoms with Crippen LogP contribution < -0.4 is 24.4 Å². The van der Waals surface area contributed by atoms with E-state index in [0.717, 1.165) is 17.1 Å². The fourth-order valence-corrected chi connectivity index (χ4v) is 3.81. The van der Waals surface area contributed by atoms with E-state index in [-0.39, 0.29) is 18.4 Å². The second kappa shape index (κ2) is 11.9. The van der Waals surface area contributed by atoms with Gasteiger partial charge in [-0.05, 0) is 67.8 Å². The van der Waals surface area contributed by atoms with Gasteiger partial charge in [-0.3, -0.25) is 9.59 Å². The van der Waals surface area contributed by atoms with E-state index in [0.29, 0.717) is 56.1 Å². The van der Waals surface area contributed by atoms with Crippen LogP contribution in [0.4, 0.5) is 11.4 Å². The summed E-state index contributed by atoms with van der Waals surface area (Å²) >= 11 is 0. The lowest BCUT2D eigenvalue weighted by Crippen LogP contribution is -2.39. The summed E-state index contributed by atoms with van der Waals surface area (Å²) in [7, 11) is 0. The Hall–Kier alpha value is -4.00. The number of hydrogen-bond donors (Lipinski definition) is 1. The molecule has 35 heavy (non-hydrogen) atoms. The van der Waals surface area contributed by atoms with Gasteiger partial charge in [0.15, 0.2) is 6.61 Å². The molecule has 182 valence electrons. The normalized spacial score (nSPS) is 12.5. The van der Waals surface area contributed by atoms with E-state index in [1.807, 2.05) is 61.5 Å². The molecule has 0 saturated carbocycles. The van der Waals surface area contributed by atoms with Crippen molar-refractivity contribution in [1.29, 1.82) is 0 Å². The minimum absolute atomic E-state index is 0.00113. The van der Waals surface area contributed by atoms with Crippen molar-refractivity contribution in [2.24, 2.45) is 0 Å². The van der Waals surface area contributed by atoms with E-state index < -0.39 is 0 Å². The molecular formula is C28H30N2O5. The van der Waals surface area contributed by atoms with Gasteiger partial charge in [-0.25, -0.2) is 0 Å². The number of amides is 2. The molecule has 2 amide bonds. The van der Waals surface area contributed by atoms with Crippen molar-refractivity contribution in [3.63, 3.8) is 0 Å². The van der Waals surface area contributed by atoms with Crippen molar-refractivity contribution in [1.82, 2.24) is 0 Å². The second-order valence-corrected chi connectivity index (χ2v) is 8.35. The van der Waals surface area contributed by atoms with E-state index in [2.05, 4.69) is 5.32 Å². The average molecular weight is 475 g/mol. The molecule has 0 unspecified atom stereocenters. The summed E-state index contributed by atoms with van der Waals surface area (Å²) < 4.78 is 17.0. The van der Waals surface area contributed by atoms with Gasteiger partial charge in [0.2, 0.25) is 5.91 Å². The molecule has 7 nitrogen and oxygen atoms in total. The molecule has 0 saturated heterocycles. The molecule has 1 heterocycles. The molecule has 0 aliphatic carbocycles. The number of nitrogens with zero attached hydrogens (tertiary/aromatic N) is 1. The molecule has 0 spiro atoms. The maximum Gasteiger partial charge on any atom is 0.265 e. The molecule has 3 aromatic rings. The van der Waals surface area contributed by atoms with Crippen LogP contribution in [-0.4, -0.2) is 38.2 Å². The Labute approximate surface area is 205 Å². The summed E-state index contributed by atoms with van der Waals surface area (Å²) in [5, 5.41) is 2.91. The van der Waals surface area contributed by atoms with Gasteiger partial charge in [0.05, 0.1) is 18.9 Å². The standard InChI is InChI=1S/C28H30N2O5/c1-21-8-5-11-24(18-21)34-17-7-15-30-25-19-22(13-14-26(25)35-20-28(30)32)29-27(31)12-6-16-33-23-9-3-2-4-10-23/h2-5,8-11,13-14,18-19H,6-7,12,15-17,20H2,1H3,(H,29,31).